The minimum Gasteiger partial charge on any atom is -0.338 e. The van der Waals surface area contributed by atoms with E-state index in [-0.39, 0.29) is 28.6 Å². The van der Waals surface area contributed by atoms with Crippen molar-refractivity contribution in [3.05, 3.63) is 112 Å². The first-order valence-electron chi connectivity index (χ1n) is 11.3. The van der Waals surface area contributed by atoms with E-state index in [2.05, 4.69) is 5.10 Å². The van der Waals surface area contributed by atoms with Crippen LogP contribution in [0.2, 0.25) is 0 Å². The van der Waals surface area contributed by atoms with E-state index in [1.54, 1.807) is 41.3 Å². The Balaban J connectivity index is 2.03. The van der Waals surface area contributed by atoms with Crippen molar-refractivity contribution in [2.45, 2.75) is 13.8 Å². The van der Waals surface area contributed by atoms with Crippen LogP contribution in [0.3, 0.4) is 0 Å². The van der Waals surface area contributed by atoms with Crippen molar-refractivity contribution in [1.29, 1.82) is 0 Å². The van der Waals surface area contributed by atoms with E-state index in [1.165, 1.54) is 16.8 Å². The molecule has 0 atom stereocenters. The van der Waals surface area contributed by atoms with Crippen molar-refractivity contribution in [2.75, 3.05) is 13.1 Å². The molecular weight excluding hydrogens is 444 g/mol. The summed E-state index contributed by atoms with van der Waals surface area (Å²) in [4.78, 5) is 39.7. The third-order valence-electron chi connectivity index (χ3n) is 5.75. The van der Waals surface area contributed by atoms with Crippen molar-refractivity contribution in [3.63, 3.8) is 0 Å². The molecule has 0 fully saturated rings. The lowest BCUT2D eigenvalue weighted by Gasteiger charge is -2.17. The Morgan fingerprint density at radius 3 is 2.00 bits per heavy atom. The van der Waals surface area contributed by atoms with E-state index in [4.69, 9.17) is 0 Å². The molecule has 4 rings (SSSR count). The highest BCUT2D eigenvalue weighted by Crippen LogP contribution is 2.32. The third-order valence-corrected chi connectivity index (χ3v) is 5.75. The molecule has 0 aliphatic rings. The molecule has 3 aromatic carbocycles. The molecule has 4 aromatic rings. The second kappa shape index (κ2) is 10.1. The molecule has 1 aromatic heterocycles. The number of benzene rings is 3. The maximum Gasteiger partial charge on any atom is 0.275 e. The predicted octanol–water partition coefficient (Wildman–Crippen LogP) is 5.16. The lowest BCUT2D eigenvalue weighted by molar-refractivity contribution is -0.384. The summed E-state index contributed by atoms with van der Waals surface area (Å²) in [6, 6.07) is 23.8. The van der Waals surface area contributed by atoms with E-state index in [9.17, 15) is 19.7 Å². The molecule has 0 saturated carbocycles. The zero-order valence-corrected chi connectivity index (χ0v) is 19.4. The Kier molecular flexibility index (Phi) is 6.82. The third kappa shape index (κ3) is 4.59. The molecule has 0 aliphatic carbocycles. The lowest BCUT2D eigenvalue weighted by atomic mass is 9.97. The topological polar surface area (TPSA) is 98.3 Å². The maximum atomic E-state index is 13.8. The summed E-state index contributed by atoms with van der Waals surface area (Å²) in [5, 5.41) is 15.8. The van der Waals surface area contributed by atoms with E-state index in [1.807, 2.05) is 50.2 Å². The Morgan fingerprint density at radius 2 is 1.46 bits per heavy atom. The molecule has 1 amide bonds. The molecular formula is C27H24N4O4. The van der Waals surface area contributed by atoms with Gasteiger partial charge in [-0.25, -0.2) is 4.68 Å². The number of nitrogens with zero attached hydrogens (tertiary/aromatic N) is 4. The second-order valence-electron chi connectivity index (χ2n) is 7.80. The number of hydrogen-bond donors (Lipinski definition) is 0. The smallest absolute Gasteiger partial charge is 0.275 e. The number of non-ortho nitro benzene ring substituents is 1. The van der Waals surface area contributed by atoms with Crippen molar-refractivity contribution >= 4 is 17.4 Å². The number of ketones is 1. The van der Waals surface area contributed by atoms with Gasteiger partial charge in [-0.3, -0.25) is 19.7 Å². The number of amides is 1. The van der Waals surface area contributed by atoms with Gasteiger partial charge in [-0.15, -0.1) is 0 Å². The first-order chi connectivity index (χ1) is 17.0. The minimum atomic E-state index is -0.481. The Bertz CT molecular complexity index is 1360. The number of rotatable bonds is 8. The van der Waals surface area contributed by atoms with Crippen LogP contribution in [0.25, 0.3) is 16.9 Å². The lowest BCUT2D eigenvalue weighted by Crippen LogP contribution is -2.32. The molecule has 8 nitrogen and oxygen atoms in total. The highest BCUT2D eigenvalue weighted by Gasteiger charge is 2.31. The Labute approximate surface area is 202 Å². The van der Waals surface area contributed by atoms with E-state index >= 15 is 0 Å². The maximum absolute atomic E-state index is 13.8. The zero-order chi connectivity index (χ0) is 24.9. The van der Waals surface area contributed by atoms with Gasteiger partial charge in [0.25, 0.3) is 11.6 Å². The molecule has 0 radical (unpaired) electrons. The van der Waals surface area contributed by atoms with Crippen molar-refractivity contribution < 1.29 is 14.5 Å². The average molecular weight is 469 g/mol. The van der Waals surface area contributed by atoms with E-state index < -0.39 is 4.92 Å². The number of aromatic nitrogens is 2. The second-order valence-corrected chi connectivity index (χ2v) is 7.80. The fourth-order valence-corrected chi connectivity index (χ4v) is 3.94. The Morgan fingerprint density at radius 1 is 0.886 bits per heavy atom. The van der Waals surface area contributed by atoms with Gasteiger partial charge in [-0.1, -0.05) is 60.7 Å². The average Bonchev–Trinajstić information content (AvgIpc) is 3.30. The van der Waals surface area contributed by atoms with Crippen LogP contribution in [0.4, 0.5) is 5.69 Å². The molecule has 0 saturated heterocycles. The van der Waals surface area contributed by atoms with Gasteiger partial charge in [-0.05, 0) is 26.0 Å². The SMILES string of the molecule is CCN(CC)C(=O)c1nn(-c2ccc([N+](=O)[O-])cc2)c(-c2ccccc2)c1C(=O)c1ccccc1. The van der Waals surface area contributed by atoms with Crippen molar-refractivity contribution in [3.8, 4) is 16.9 Å². The minimum absolute atomic E-state index is 0.0414. The van der Waals surface area contributed by atoms with Crippen LogP contribution < -0.4 is 0 Å². The quantitative estimate of drug-likeness (QED) is 0.202. The molecule has 176 valence electrons. The first-order valence-corrected chi connectivity index (χ1v) is 11.3. The fourth-order valence-electron chi connectivity index (χ4n) is 3.94. The summed E-state index contributed by atoms with van der Waals surface area (Å²) in [7, 11) is 0. The van der Waals surface area contributed by atoms with Crippen LogP contribution in [0, 0.1) is 10.1 Å². The number of nitro groups is 1. The van der Waals surface area contributed by atoms with Crippen LogP contribution in [-0.4, -0.2) is 44.4 Å². The van der Waals surface area contributed by atoms with Crippen LogP contribution in [-0.2, 0) is 0 Å². The number of nitro benzene ring substituents is 1. The number of carbonyl (C=O) groups is 2. The van der Waals surface area contributed by atoms with Crippen LogP contribution in [0.15, 0.2) is 84.9 Å². The summed E-state index contributed by atoms with van der Waals surface area (Å²) in [5.41, 5.74) is 2.23. The summed E-state index contributed by atoms with van der Waals surface area (Å²) in [5.74, 6) is -0.680. The molecule has 35 heavy (non-hydrogen) atoms. The monoisotopic (exact) mass is 468 g/mol. The molecule has 0 aliphatic heterocycles. The highest BCUT2D eigenvalue weighted by atomic mass is 16.6. The molecule has 0 bridgehead atoms. The van der Waals surface area contributed by atoms with Crippen molar-refractivity contribution in [2.24, 2.45) is 0 Å². The number of hydrogen-bond acceptors (Lipinski definition) is 5. The van der Waals surface area contributed by atoms with Gasteiger partial charge in [0, 0.05) is 36.3 Å². The van der Waals surface area contributed by atoms with Gasteiger partial charge in [-0.2, -0.15) is 5.10 Å². The van der Waals surface area contributed by atoms with Gasteiger partial charge in [0.2, 0.25) is 0 Å². The molecule has 0 N–H and O–H groups in total. The van der Waals surface area contributed by atoms with E-state index in [0.717, 1.165) is 0 Å². The summed E-state index contributed by atoms with van der Waals surface area (Å²) >= 11 is 0. The Hall–Kier alpha value is -4.59. The van der Waals surface area contributed by atoms with Crippen molar-refractivity contribution in [1.82, 2.24) is 14.7 Å². The zero-order valence-electron chi connectivity index (χ0n) is 19.4. The summed E-state index contributed by atoms with van der Waals surface area (Å²) in [6.07, 6.45) is 0. The van der Waals surface area contributed by atoms with Crippen LogP contribution in [0.5, 0.6) is 0 Å². The van der Waals surface area contributed by atoms with Gasteiger partial charge in [0.15, 0.2) is 11.5 Å². The van der Waals surface area contributed by atoms with Crippen LogP contribution >= 0.6 is 0 Å². The summed E-state index contributed by atoms with van der Waals surface area (Å²) in [6.45, 7) is 4.65. The molecule has 0 spiro atoms. The molecule has 8 heteroatoms. The molecule has 0 unspecified atom stereocenters. The van der Waals surface area contributed by atoms with Gasteiger partial charge in [0.05, 0.1) is 21.9 Å². The van der Waals surface area contributed by atoms with E-state index in [0.29, 0.717) is 35.6 Å². The largest absolute Gasteiger partial charge is 0.338 e. The fraction of sp³-hybridized carbons (Fsp3) is 0.148. The number of carbonyl (C=O) groups excluding carboxylic acids is 2. The summed E-state index contributed by atoms with van der Waals surface area (Å²) < 4.78 is 1.52. The van der Waals surface area contributed by atoms with Gasteiger partial charge >= 0.3 is 0 Å². The normalized spacial score (nSPS) is 10.7. The van der Waals surface area contributed by atoms with Gasteiger partial charge < -0.3 is 4.90 Å². The van der Waals surface area contributed by atoms with Gasteiger partial charge in [0.1, 0.15) is 0 Å². The standard InChI is InChI=1S/C27H24N4O4/c1-3-29(4-2)27(33)24-23(26(32)20-13-9-6-10-14-20)25(19-11-7-5-8-12-19)30(28-24)21-15-17-22(18-16-21)31(34)35/h5-18H,3-4H2,1-2H3. The predicted molar refractivity (Wildman–Crippen MR) is 133 cm³/mol. The first kappa shape index (κ1) is 23.6. The highest BCUT2D eigenvalue weighted by molar-refractivity contribution is 6.18. The van der Waals surface area contributed by atoms with Crippen LogP contribution in [0.1, 0.15) is 40.3 Å². The molecule has 1 heterocycles.